The molecule has 0 saturated heterocycles. The lowest BCUT2D eigenvalue weighted by Crippen LogP contribution is -2.16. The first-order valence-corrected chi connectivity index (χ1v) is 6.31. The number of carboxylic acid groups (broad SMARTS) is 1. The second-order valence-corrected chi connectivity index (χ2v) is 4.50. The highest BCUT2D eigenvalue weighted by atomic mass is 19.1. The minimum absolute atomic E-state index is 0.141. The summed E-state index contributed by atoms with van der Waals surface area (Å²) in [5.74, 6) is -2.52. The smallest absolute Gasteiger partial charge is 0.372 e. The summed E-state index contributed by atoms with van der Waals surface area (Å²) >= 11 is 0. The molecule has 5 nitrogen and oxygen atoms in total. The second-order valence-electron chi connectivity index (χ2n) is 4.50. The van der Waals surface area contributed by atoms with Crippen molar-refractivity contribution < 1.29 is 19.1 Å². The molecule has 1 unspecified atom stereocenters. The predicted octanol–water partition coefficient (Wildman–Crippen LogP) is 1.93. The van der Waals surface area contributed by atoms with Gasteiger partial charge in [-0.1, -0.05) is 30.3 Å². The Balaban J connectivity index is 2.09. The van der Waals surface area contributed by atoms with Crippen LogP contribution in [0.1, 0.15) is 23.1 Å². The Morgan fingerprint density at radius 3 is 2.57 bits per heavy atom. The van der Waals surface area contributed by atoms with Crippen molar-refractivity contribution in [2.24, 2.45) is 0 Å². The first-order valence-electron chi connectivity index (χ1n) is 6.31. The van der Waals surface area contributed by atoms with Gasteiger partial charge in [-0.2, -0.15) is 0 Å². The summed E-state index contributed by atoms with van der Waals surface area (Å²) in [7, 11) is 0. The van der Waals surface area contributed by atoms with Crippen molar-refractivity contribution >= 4 is 11.8 Å². The van der Waals surface area contributed by atoms with Gasteiger partial charge in [0.1, 0.15) is 12.5 Å². The Kier molecular flexibility index (Phi) is 4.71. The molecule has 0 aliphatic rings. The van der Waals surface area contributed by atoms with Crippen LogP contribution in [0.25, 0.3) is 0 Å². The van der Waals surface area contributed by atoms with E-state index in [-0.39, 0.29) is 24.2 Å². The van der Waals surface area contributed by atoms with E-state index in [0.717, 1.165) is 11.9 Å². The van der Waals surface area contributed by atoms with Gasteiger partial charge in [-0.05, 0) is 11.6 Å². The molecule has 108 valence electrons. The van der Waals surface area contributed by atoms with Crippen molar-refractivity contribution in [3.8, 4) is 0 Å². The van der Waals surface area contributed by atoms with E-state index >= 15 is 0 Å². The molecule has 0 spiro atoms. The van der Waals surface area contributed by atoms with E-state index in [1.54, 1.807) is 0 Å². The summed E-state index contributed by atoms with van der Waals surface area (Å²) in [5.41, 5.74) is 1.16. The topological polar surface area (TPSA) is 80.1 Å². The maximum Gasteiger partial charge on any atom is 0.372 e. The van der Waals surface area contributed by atoms with E-state index in [4.69, 9.17) is 5.11 Å². The Morgan fingerprint density at radius 1 is 1.19 bits per heavy atom. The van der Waals surface area contributed by atoms with E-state index in [9.17, 15) is 14.0 Å². The fourth-order valence-electron chi connectivity index (χ4n) is 1.85. The number of carboxylic acids is 1. The fourth-order valence-corrected chi connectivity index (χ4v) is 1.85. The van der Waals surface area contributed by atoms with Crippen molar-refractivity contribution in [2.75, 3.05) is 0 Å². The molecule has 2 aromatic rings. The highest BCUT2D eigenvalue weighted by molar-refractivity contribution is 6.33. The van der Waals surface area contributed by atoms with Crippen LogP contribution in [0, 0.1) is 0 Å². The third-order valence-electron chi connectivity index (χ3n) is 2.90. The first kappa shape index (κ1) is 14.8. The SMILES string of the molecule is O=C(O)C(=O)Cc1cc(C(F)Cc2ccccc2)ncn1. The summed E-state index contributed by atoms with van der Waals surface area (Å²) in [5, 5.41) is 8.55. The summed E-state index contributed by atoms with van der Waals surface area (Å²) in [6.45, 7) is 0. The number of ketones is 1. The average Bonchev–Trinajstić information content (AvgIpc) is 2.48. The number of aromatic nitrogens is 2. The summed E-state index contributed by atoms with van der Waals surface area (Å²) in [4.78, 5) is 29.3. The molecular weight excluding hydrogens is 275 g/mol. The number of carbonyl (C=O) groups is 2. The van der Waals surface area contributed by atoms with Gasteiger partial charge in [0.2, 0.25) is 5.78 Å². The lowest BCUT2D eigenvalue weighted by molar-refractivity contribution is -0.148. The van der Waals surface area contributed by atoms with Crippen molar-refractivity contribution in [1.29, 1.82) is 0 Å². The van der Waals surface area contributed by atoms with Crippen LogP contribution >= 0.6 is 0 Å². The van der Waals surface area contributed by atoms with Crippen molar-refractivity contribution in [3.05, 3.63) is 59.7 Å². The molecule has 1 N–H and O–H groups in total. The van der Waals surface area contributed by atoms with Gasteiger partial charge in [-0.25, -0.2) is 19.2 Å². The average molecular weight is 288 g/mol. The molecular formula is C15H13FN2O3. The third kappa shape index (κ3) is 4.17. The Bertz CT molecular complexity index is 646. The van der Waals surface area contributed by atoms with Crippen LogP contribution in [-0.4, -0.2) is 26.8 Å². The first-order chi connectivity index (χ1) is 10.1. The van der Waals surface area contributed by atoms with Gasteiger partial charge in [-0.3, -0.25) is 4.79 Å². The zero-order valence-electron chi connectivity index (χ0n) is 11.1. The molecule has 0 aliphatic carbocycles. The van der Waals surface area contributed by atoms with Gasteiger partial charge >= 0.3 is 5.97 Å². The molecule has 1 aromatic carbocycles. The van der Waals surface area contributed by atoms with E-state index in [1.807, 2.05) is 30.3 Å². The van der Waals surface area contributed by atoms with E-state index in [2.05, 4.69) is 9.97 Å². The lowest BCUT2D eigenvalue weighted by Gasteiger charge is -2.08. The Labute approximate surface area is 120 Å². The van der Waals surface area contributed by atoms with Crippen molar-refractivity contribution in [1.82, 2.24) is 9.97 Å². The number of carbonyl (C=O) groups excluding carboxylic acids is 1. The van der Waals surface area contributed by atoms with Gasteiger partial charge < -0.3 is 5.11 Å². The number of hydrogen-bond donors (Lipinski definition) is 1. The highest BCUT2D eigenvalue weighted by Crippen LogP contribution is 2.20. The van der Waals surface area contributed by atoms with Crippen LogP contribution in [0.3, 0.4) is 0 Å². The zero-order valence-corrected chi connectivity index (χ0v) is 11.1. The molecule has 0 amide bonds. The van der Waals surface area contributed by atoms with Crippen LogP contribution in [0.2, 0.25) is 0 Å². The molecule has 6 heteroatoms. The van der Waals surface area contributed by atoms with Crippen molar-refractivity contribution in [3.63, 3.8) is 0 Å². The van der Waals surface area contributed by atoms with Crippen LogP contribution < -0.4 is 0 Å². The quantitative estimate of drug-likeness (QED) is 0.821. The van der Waals surface area contributed by atoms with Crippen LogP contribution in [0.4, 0.5) is 4.39 Å². The largest absolute Gasteiger partial charge is 0.475 e. The highest BCUT2D eigenvalue weighted by Gasteiger charge is 2.17. The number of benzene rings is 1. The molecule has 0 radical (unpaired) electrons. The van der Waals surface area contributed by atoms with Gasteiger partial charge in [0, 0.05) is 6.42 Å². The summed E-state index contributed by atoms with van der Waals surface area (Å²) in [6, 6.07) is 10.4. The number of Topliss-reactive ketones (excluding diaryl/α,β-unsaturated/α-hetero) is 1. The lowest BCUT2D eigenvalue weighted by atomic mass is 10.1. The predicted molar refractivity (Wildman–Crippen MR) is 72.4 cm³/mol. The molecule has 1 heterocycles. The molecule has 0 aliphatic heterocycles. The van der Waals surface area contributed by atoms with Crippen LogP contribution in [0.15, 0.2) is 42.7 Å². The minimum atomic E-state index is -1.53. The number of aliphatic carboxylic acids is 1. The van der Waals surface area contributed by atoms with Gasteiger partial charge in [0.25, 0.3) is 0 Å². The molecule has 1 aromatic heterocycles. The molecule has 2 rings (SSSR count). The Morgan fingerprint density at radius 2 is 1.90 bits per heavy atom. The summed E-state index contributed by atoms with van der Waals surface area (Å²) < 4.78 is 14.2. The van der Waals surface area contributed by atoms with E-state index in [0.29, 0.717) is 0 Å². The minimum Gasteiger partial charge on any atom is -0.475 e. The van der Waals surface area contributed by atoms with Gasteiger partial charge in [-0.15, -0.1) is 0 Å². The number of halogens is 1. The number of hydrogen-bond acceptors (Lipinski definition) is 4. The molecule has 0 bridgehead atoms. The molecule has 0 saturated carbocycles. The fraction of sp³-hybridized carbons (Fsp3) is 0.200. The normalized spacial score (nSPS) is 11.9. The summed E-state index contributed by atoms with van der Waals surface area (Å²) in [6.07, 6.45) is -0.418. The molecule has 0 fully saturated rings. The van der Waals surface area contributed by atoms with E-state index < -0.39 is 17.9 Å². The zero-order chi connectivity index (χ0) is 15.2. The molecule has 21 heavy (non-hydrogen) atoms. The van der Waals surface area contributed by atoms with Gasteiger partial charge in [0.15, 0.2) is 0 Å². The monoisotopic (exact) mass is 288 g/mol. The van der Waals surface area contributed by atoms with Crippen molar-refractivity contribution in [2.45, 2.75) is 19.0 Å². The Hall–Kier alpha value is -2.63. The second kappa shape index (κ2) is 6.69. The third-order valence-corrected chi connectivity index (χ3v) is 2.90. The number of alkyl halides is 1. The standard InChI is InChI=1S/C15H13FN2O3/c16-12(6-10-4-2-1-3-5-10)13-7-11(17-9-18-13)8-14(19)15(20)21/h1-5,7,9,12H,6,8H2,(H,20,21). The number of nitrogens with zero attached hydrogens (tertiary/aromatic N) is 2. The van der Waals surface area contributed by atoms with Crippen LogP contribution in [0.5, 0.6) is 0 Å². The van der Waals surface area contributed by atoms with Gasteiger partial charge in [0.05, 0.1) is 17.8 Å². The number of rotatable bonds is 6. The van der Waals surface area contributed by atoms with E-state index in [1.165, 1.54) is 6.07 Å². The maximum absolute atomic E-state index is 14.2. The van der Waals surface area contributed by atoms with Crippen LogP contribution in [-0.2, 0) is 22.4 Å². The maximum atomic E-state index is 14.2. The molecule has 1 atom stereocenters.